The zero-order chi connectivity index (χ0) is 85.2. The van der Waals surface area contributed by atoms with E-state index in [1.54, 1.807) is 155 Å². The summed E-state index contributed by atoms with van der Waals surface area (Å²) in [6.45, 7) is 16.2. The van der Waals surface area contributed by atoms with Crippen LogP contribution in [0.15, 0.2) is 167 Å². The van der Waals surface area contributed by atoms with Gasteiger partial charge in [0.25, 0.3) is 22.9 Å². The summed E-state index contributed by atoms with van der Waals surface area (Å²) in [7, 11) is -5.34. The summed E-state index contributed by atoms with van der Waals surface area (Å²) in [6.07, 6.45) is -6.83. The molecule has 2 bridgehead atoms. The van der Waals surface area contributed by atoms with Crippen LogP contribution in [-0.4, -0.2) is 182 Å². The van der Waals surface area contributed by atoms with Crippen LogP contribution in [0.1, 0.15) is 128 Å². The number of amides is 4. The fraction of sp³-hybridized carbons (Fsp3) is 0.410. The normalized spacial score (nSPS) is 22.2. The lowest BCUT2D eigenvalue weighted by atomic mass is 9.45. The molecule has 8 aromatic rings. The molecule has 4 amide bonds. The van der Waals surface area contributed by atoms with E-state index < -0.39 is 141 Å². The van der Waals surface area contributed by atoms with Crippen molar-refractivity contribution >= 4 is 110 Å². The Labute approximate surface area is 679 Å². The number of carbonyl (C=O) groups is 8. The molecule has 35 heteroatoms. The van der Waals surface area contributed by atoms with Crippen LogP contribution in [0, 0.1) is 16.7 Å². The first kappa shape index (κ1) is 87.0. The van der Waals surface area contributed by atoms with Gasteiger partial charge in [0.05, 0.1) is 66.7 Å². The lowest BCUT2D eigenvalue weighted by molar-refractivity contribution is -0.354. The topological polar surface area (TPSA) is 479 Å². The summed E-state index contributed by atoms with van der Waals surface area (Å²) in [5.41, 5.74) is 0.914. The Hall–Kier alpha value is -11.8. The summed E-state index contributed by atoms with van der Waals surface area (Å²) in [5, 5.41) is 59.0. The number of nitrogen functional groups attached to an aromatic ring is 1. The number of aliphatic hydroxyl groups is 3. The molecule has 4 aliphatic rings. The number of aliphatic hydroxyl groups excluding tert-OH is 2. The molecule has 1 aliphatic heterocycles. The molecule has 5 aromatic carbocycles. The molecule has 0 radical (unpaired) electrons. The van der Waals surface area contributed by atoms with Gasteiger partial charge in [-0.3, -0.25) is 43.3 Å². The summed E-state index contributed by atoms with van der Waals surface area (Å²) < 4.78 is 40.2. The number of H-pyrrole nitrogens is 1. The number of nitrogens with zero attached hydrogens (tertiary/aromatic N) is 5. The Kier molecular flexibility index (Phi) is 26.8. The van der Waals surface area contributed by atoms with Gasteiger partial charge in [0.2, 0.25) is 17.8 Å². The van der Waals surface area contributed by atoms with Crippen LogP contribution in [0.4, 0.5) is 17.3 Å². The molecule has 4 heterocycles. The van der Waals surface area contributed by atoms with E-state index in [4.69, 9.17) is 43.1 Å². The van der Waals surface area contributed by atoms with E-state index in [1.165, 1.54) is 29.9 Å². The molecule has 0 unspecified atom stereocenters. The molecule has 2 saturated carbocycles. The smallest absolute Gasteiger partial charge is 0.373 e. The monoisotopic (exact) mass is 1650 g/mol. The summed E-state index contributed by atoms with van der Waals surface area (Å²) >= 11 is 0. The van der Waals surface area contributed by atoms with Gasteiger partial charge in [0, 0.05) is 90.6 Å². The minimum absolute atomic E-state index is 0.0573. The quantitative estimate of drug-likeness (QED) is 0.00776. The largest absolute Gasteiger partial charge is 0.458 e. The number of nitrogens with one attached hydrogen (secondary N) is 6. The van der Waals surface area contributed by atoms with E-state index in [0.717, 1.165) is 0 Å². The predicted octanol–water partition coefficient (Wildman–Crippen LogP) is 6.60. The highest BCUT2D eigenvalue weighted by Crippen LogP contribution is 2.65. The van der Waals surface area contributed by atoms with Crippen molar-refractivity contribution in [3.63, 3.8) is 0 Å². The van der Waals surface area contributed by atoms with Gasteiger partial charge in [-0.25, -0.2) is 24.2 Å². The van der Waals surface area contributed by atoms with E-state index in [-0.39, 0.29) is 121 Å². The van der Waals surface area contributed by atoms with Crippen LogP contribution in [0.25, 0.3) is 21.9 Å². The SMILES string of the molecule is CC(=O)O[C@@]12CO[C@@H]1C[C@H](O)[C@@]1(C)C[C@H](OC(=O)CCC(=O)NC[Si](C)(C)O[Si](C)(C)CCn3ncc4cc(NC(=O)CCCNC(=O)c5ccc(NCc6cnc7nc(N)[nH]c(=O)c7n6)cc5)ccc4c3=O)C3=C(C)[C@@H](OC(=O)[C@H](O)[C@@H](NC(=O)c4ccccc4)c4ccccc4)C[C@@](O)([C@@H](OC(=O)c4ccccc4)[C@@H]12)C3(C)C.O=C=O. The Bertz CT molecular complexity index is 5290. The minimum Gasteiger partial charge on any atom is -0.458 e. The Morgan fingerprint density at radius 3 is 2.08 bits per heavy atom. The van der Waals surface area contributed by atoms with Gasteiger partial charge in [-0.15, -0.1) is 0 Å². The van der Waals surface area contributed by atoms with Crippen molar-refractivity contribution in [2.75, 3.05) is 35.7 Å². The first-order valence-corrected chi connectivity index (χ1v) is 44.8. The van der Waals surface area contributed by atoms with Crippen molar-refractivity contribution in [2.24, 2.45) is 16.7 Å². The predicted molar refractivity (Wildman–Crippen MR) is 432 cm³/mol. The second-order valence-corrected chi connectivity index (χ2v) is 40.6. The maximum absolute atomic E-state index is 14.8. The highest BCUT2D eigenvalue weighted by molar-refractivity contribution is 6.85. The second-order valence-electron chi connectivity index (χ2n) is 31.9. The first-order chi connectivity index (χ1) is 56.0. The number of hydrogen-bond donors (Lipinski definition) is 10. The van der Waals surface area contributed by atoms with Gasteiger partial charge >= 0.3 is 30.0 Å². The van der Waals surface area contributed by atoms with Crippen LogP contribution in [0.5, 0.6) is 0 Å². The average molecular weight is 1650 g/mol. The summed E-state index contributed by atoms with van der Waals surface area (Å²) in [6, 6.07) is 35.2. The van der Waals surface area contributed by atoms with Crippen molar-refractivity contribution in [2.45, 2.75) is 179 Å². The Morgan fingerprint density at radius 1 is 0.763 bits per heavy atom. The molecule has 0 spiro atoms. The number of carbonyl (C=O) groups excluding carboxylic acids is 10. The van der Waals surface area contributed by atoms with Crippen LogP contribution in [-0.2, 0) is 74.5 Å². The highest BCUT2D eigenvalue weighted by Gasteiger charge is 2.76. The van der Waals surface area contributed by atoms with Gasteiger partial charge in [-0.05, 0) is 135 Å². The minimum atomic E-state index is -2.73. The second kappa shape index (κ2) is 36.4. The molecule has 3 fully saturated rings. The maximum atomic E-state index is 14.8. The van der Waals surface area contributed by atoms with E-state index in [1.807, 2.05) is 26.2 Å². The molecule has 12 rings (SSSR count). The summed E-state index contributed by atoms with van der Waals surface area (Å²) in [4.78, 5) is 169. The van der Waals surface area contributed by atoms with Crippen molar-refractivity contribution in [3.8, 4) is 0 Å². The number of anilines is 3. The van der Waals surface area contributed by atoms with E-state index >= 15 is 0 Å². The van der Waals surface area contributed by atoms with Crippen LogP contribution in [0.2, 0.25) is 32.2 Å². The molecule has 3 aliphatic carbocycles. The highest BCUT2D eigenvalue weighted by atomic mass is 28.4. The third-order valence-corrected chi connectivity index (χ3v) is 29.3. The molecule has 622 valence electrons. The number of aryl methyl sites for hydroxylation is 1. The third-order valence-electron chi connectivity index (χ3n) is 22.4. The Morgan fingerprint density at radius 2 is 1.42 bits per heavy atom. The van der Waals surface area contributed by atoms with E-state index in [9.17, 15) is 63.3 Å². The number of aromatic amines is 1. The molecular weight excluding hydrogens is 1560 g/mol. The number of rotatable bonds is 29. The van der Waals surface area contributed by atoms with Crippen molar-refractivity contribution in [1.29, 1.82) is 0 Å². The molecule has 11 N–H and O–H groups in total. The number of nitrogens with two attached hydrogens (primary N) is 1. The van der Waals surface area contributed by atoms with Crippen LogP contribution in [0.3, 0.4) is 0 Å². The zero-order valence-electron chi connectivity index (χ0n) is 66.7. The summed E-state index contributed by atoms with van der Waals surface area (Å²) in [5.74, 6) is -6.84. The molecule has 118 heavy (non-hydrogen) atoms. The van der Waals surface area contributed by atoms with Gasteiger partial charge in [0.1, 0.15) is 30.0 Å². The number of aromatic nitrogens is 6. The molecule has 33 nitrogen and oxygen atoms in total. The van der Waals surface area contributed by atoms with Gasteiger partial charge in [-0.1, -0.05) is 87.5 Å². The third kappa shape index (κ3) is 19.5. The number of fused-ring (bicyclic) bond motifs is 7. The van der Waals surface area contributed by atoms with E-state index in [0.29, 0.717) is 51.4 Å². The van der Waals surface area contributed by atoms with E-state index in [2.05, 4.69) is 51.6 Å². The van der Waals surface area contributed by atoms with Gasteiger partial charge < -0.3 is 75.4 Å². The van der Waals surface area contributed by atoms with Crippen molar-refractivity contribution in [3.05, 3.63) is 206 Å². The van der Waals surface area contributed by atoms with Gasteiger partial charge in [0.15, 0.2) is 39.5 Å². The molecular formula is C83H96N12O21Si2. The number of hydrogen-bond acceptors (Lipinski definition) is 27. The fourth-order valence-corrected chi connectivity index (χ4v) is 24.6. The maximum Gasteiger partial charge on any atom is 0.373 e. The first-order valence-electron chi connectivity index (χ1n) is 38.6. The molecule has 1 saturated heterocycles. The molecule has 11 atom stereocenters. The lowest BCUT2D eigenvalue weighted by Crippen LogP contribution is -2.80. The number of ether oxygens (including phenoxy) is 5. The number of esters is 4. The fourth-order valence-electron chi connectivity index (χ4n) is 16.5. The zero-order valence-corrected chi connectivity index (χ0v) is 68.7. The lowest BCUT2D eigenvalue weighted by Gasteiger charge is -2.68. The Balaban J connectivity index is 0.00000448. The number of benzene rings is 5. The standard InChI is InChI=1S/C82H96N12O19Si2.CO2/c1-47-58(110-77(106)68(100)66(49-20-13-10-14-21-49)91-73(102)50-22-15-11-16-23-50)41-82(107)70(111-76(105)52-24-17-12-18-25-52)69-80(5,60(96)39-61-81(69,45-108-61)112-48(2)95)40-59(65(47)79(82,3)4)109-64(99)34-33-62(97)87-46-115(8,9)113-114(6,7)37-36-94-75(104)57-32-31-55(38-53(57)42-88-94)89-63(98)26-19-35-84-72(101)51-27-29-54(30-28-51)85-43-56-44-86-71-67(90-56)74(103)93-78(83)92-71;2-1-3/h10-18,20-25,27-32,38,42,44,58-61,66,68-70,85,96,100,107H,19,26,33-37,39-41,43,45-46H2,1-9H3,(H,84,101)(H,87,97)(H,89,98)(H,91,102)(H3,83,86,92,93,103);/t58-,59-,60-,61+,66-,68+,69-,70-,80+,81-,82+;/m0./s1. The van der Waals surface area contributed by atoms with Crippen molar-refractivity contribution < 1.29 is 91.1 Å². The van der Waals surface area contributed by atoms with Crippen molar-refractivity contribution in [1.82, 2.24) is 45.7 Å². The van der Waals surface area contributed by atoms with Crippen LogP contribution >= 0.6 is 0 Å². The average Bonchev–Trinajstić information content (AvgIpc) is 0.672. The van der Waals surface area contributed by atoms with Crippen LogP contribution < -0.4 is 43.4 Å². The van der Waals surface area contributed by atoms with Gasteiger partial charge in [-0.2, -0.15) is 19.7 Å². The molecule has 3 aromatic heterocycles.